The van der Waals surface area contributed by atoms with Gasteiger partial charge in [-0.1, -0.05) is 6.58 Å². The number of hydrogen-bond donors (Lipinski definition) is 1. The zero-order chi connectivity index (χ0) is 15.8. The molecule has 7 nitrogen and oxygen atoms in total. The van der Waals surface area contributed by atoms with E-state index in [0.29, 0.717) is 0 Å². The molecule has 0 aromatic heterocycles. The Balaban J connectivity index is 3.95. The third-order valence-corrected chi connectivity index (χ3v) is 1.83. The number of nitrogens with one attached hydrogen (secondary N) is 1. The van der Waals surface area contributed by atoms with Crippen LogP contribution in [0.15, 0.2) is 12.7 Å². The molecular formula is C13H21NO6. The van der Waals surface area contributed by atoms with Crippen LogP contribution in [0.25, 0.3) is 0 Å². The summed E-state index contributed by atoms with van der Waals surface area (Å²) in [6.07, 6.45) is 0.300. The molecule has 0 aliphatic heterocycles. The molecule has 0 unspecified atom stereocenters. The van der Waals surface area contributed by atoms with Gasteiger partial charge in [-0.3, -0.25) is 0 Å². The van der Waals surface area contributed by atoms with Crippen LogP contribution < -0.4 is 5.32 Å². The SMILES string of the molecule is C=CC(=O)OCCOC(=O)[C@H](C)NC(=O)OC(C)(C)C. The quantitative estimate of drug-likeness (QED) is 0.341. The van der Waals surface area contributed by atoms with E-state index in [1.54, 1.807) is 20.8 Å². The van der Waals surface area contributed by atoms with Gasteiger partial charge in [0.1, 0.15) is 24.9 Å². The van der Waals surface area contributed by atoms with Gasteiger partial charge in [-0.05, 0) is 27.7 Å². The molecule has 0 saturated heterocycles. The highest BCUT2D eigenvalue weighted by molar-refractivity contribution is 5.81. The number of rotatable bonds is 6. The molecule has 0 heterocycles. The lowest BCUT2D eigenvalue weighted by Crippen LogP contribution is -2.42. The maximum absolute atomic E-state index is 11.5. The van der Waals surface area contributed by atoms with E-state index in [-0.39, 0.29) is 13.2 Å². The highest BCUT2D eigenvalue weighted by atomic mass is 16.6. The standard InChI is InChI=1S/C13H21NO6/c1-6-10(15)18-7-8-19-11(16)9(2)14-12(17)20-13(3,4)5/h6,9H,1,7-8H2,2-5H3,(H,14,17)/t9-/m0/s1. The average molecular weight is 287 g/mol. The van der Waals surface area contributed by atoms with E-state index in [4.69, 9.17) is 9.47 Å². The molecular weight excluding hydrogens is 266 g/mol. The van der Waals surface area contributed by atoms with E-state index in [2.05, 4.69) is 16.6 Å². The molecule has 0 aromatic carbocycles. The molecule has 0 bridgehead atoms. The van der Waals surface area contributed by atoms with E-state index in [1.807, 2.05) is 0 Å². The van der Waals surface area contributed by atoms with Crippen molar-refractivity contribution in [3.63, 3.8) is 0 Å². The first kappa shape index (κ1) is 17.9. The van der Waals surface area contributed by atoms with Gasteiger partial charge in [0.25, 0.3) is 0 Å². The minimum Gasteiger partial charge on any atom is -0.461 e. The number of alkyl carbamates (subject to hydrolysis) is 1. The van der Waals surface area contributed by atoms with Crippen molar-refractivity contribution in [3.8, 4) is 0 Å². The van der Waals surface area contributed by atoms with Crippen molar-refractivity contribution in [3.05, 3.63) is 12.7 Å². The van der Waals surface area contributed by atoms with Crippen LogP contribution in [0.5, 0.6) is 0 Å². The summed E-state index contributed by atoms with van der Waals surface area (Å²) in [7, 11) is 0. The maximum Gasteiger partial charge on any atom is 0.408 e. The first-order valence-corrected chi connectivity index (χ1v) is 6.11. The number of carbonyl (C=O) groups is 3. The molecule has 0 aromatic rings. The number of carbonyl (C=O) groups excluding carboxylic acids is 3. The van der Waals surface area contributed by atoms with E-state index in [1.165, 1.54) is 6.92 Å². The minimum atomic E-state index is -0.861. The summed E-state index contributed by atoms with van der Waals surface area (Å²) in [6, 6.07) is -0.861. The zero-order valence-electron chi connectivity index (χ0n) is 12.2. The smallest absolute Gasteiger partial charge is 0.408 e. The van der Waals surface area contributed by atoms with Crippen molar-refractivity contribution in [2.45, 2.75) is 39.3 Å². The van der Waals surface area contributed by atoms with Crippen LogP contribution in [-0.4, -0.2) is 42.9 Å². The van der Waals surface area contributed by atoms with E-state index in [0.717, 1.165) is 6.08 Å². The van der Waals surface area contributed by atoms with Crippen LogP contribution in [0.1, 0.15) is 27.7 Å². The van der Waals surface area contributed by atoms with Crippen molar-refractivity contribution < 1.29 is 28.6 Å². The van der Waals surface area contributed by atoms with Gasteiger partial charge >= 0.3 is 18.0 Å². The maximum atomic E-state index is 11.5. The normalized spacial score (nSPS) is 12.0. The second-order valence-electron chi connectivity index (χ2n) is 4.91. The average Bonchev–Trinajstić information content (AvgIpc) is 2.31. The fourth-order valence-corrected chi connectivity index (χ4v) is 1.01. The Kier molecular flexibility index (Phi) is 7.35. The van der Waals surface area contributed by atoms with Crippen molar-refractivity contribution in [2.24, 2.45) is 0 Å². The largest absolute Gasteiger partial charge is 0.461 e. The summed E-state index contributed by atoms with van der Waals surface area (Å²) in [4.78, 5) is 33.6. The zero-order valence-corrected chi connectivity index (χ0v) is 12.2. The van der Waals surface area contributed by atoms with Crippen molar-refractivity contribution in [2.75, 3.05) is 13.2 Å². The van der Waals surface area contributed by atoms with Crippen LogP contribution in [0.4, 0.5) is 4.79 Å². The van der Waals surface area contributed by atoms with Crippen LogP contribution in [-0.2, 0) is 23.8 Å². The predicted molar refractivity (Wildman–Crippen MR) is 70.9 cm³/mol. The molecule has 0 aliphatic rings. The summed E-state index contributed by atoms with van der Waals surface area (Å²) >= 11 is 0. The van der Waals surface area contributed by atoms with Crippen LogP contribution in [0.3, 0.4) is 0 Å². The topological polar surface area (TPSA) is 90.9 Å². The van der Waals surface area contributed by atoms with Gasteiger partial charge in [0.2, 0.25) is 0 Å². The Morgan fingerprint density at radius 2 is 1.75 bits per heavy atom. The minimum absolute atomic E-state index is 0.0737. The fourth-order valence-electron chi connectivity index (χ4n) is 1.01. The highest BCUT2D eigenvalue weighted by Gasteiger charge is 2.21. The molecule has 0 rings (SSSR count). The number of amides is 1. The van der Waals surface area contributed by atoms with Gasteiger partial charge in [0, 0.05) is 6.08 Å². The van der Waals surface area contributed by atoms with Gasteiger partial charge in [0.05, 0.1) is 0 Å². The summed E-state index contributed by atoms with van der Waals surface area (Å²) < 4.78 is 14.4. The molecule has 0 radical (unpaired) electrons. The molecule has 0 spiro atoms. The summed E-state index contributed by atoms with van der Waals surface area (Å²) in [5.41, 5.74) is -0.646. The molecule has 7 heteroatoms. The fraction of sp³-hybridized carbons (Fsp3) is 0.615. The number of hydrogen-bond acceptors (Lipinski definition) is 6. The summed E-state index contributed by atoms with van der Waals surface area (Å²) in [6.45, 7) is 9.64. The Bertz CT molecular complexity index is 372. The van der Waals surface area contributed by atoms with Gasteiger partial charge < -0.3 is 19.5 Å². The van der Waals surface area contributed by atoms with Crippen molar-refractivity contribution in [1.29, 1.82) is 0 Å². The van der Waals surface area contributed by atoms with Gasteiger partial charge in [0.15, 0.2) is 0 Å². The Morgan fingerprint density at radius 3 is 2.25 bits per heavy atom. The number of ether oxygens (including phenoxy) is 3. The van der Waals surface area contributed by atoms with E-state index < -0.39 is 29.7 Å². The second-order valence-corrected chi connectivity index (χ2v) is 4.91. The third kappa shape index (κ3) is 8.96. The Morgan fingerprint density at radius 1 is 1.20 bits per heavy atom. The van der Waals surface area contributed by atoms with Crippen LogP contribution >= 0.6 is 0 Å². The molecule has 1 atom stereocenters. The van der Waals surface area contributed by atoms with Crippen LogP contribution in [0.2, 0.25) is 0 Å². The van der Waals surface area contributed by atoms with Crippen molar-refractivity contribution in [1.82, 2.24) is 5.32 Å². The van der Waals surface area contributed by atoms with Gasteiger partial charge in [-0.2, -0.15) is 0 Å². The Hall–Kier alpha value is -2.05. The first-order valence-electron chi connectivity index (χ1n) is 6.11. The number of esters is 2. The first-order chi connectivity index (χ1) is 9.15. The monoisotopic (exact) mass is 287 g/mol. The molecule has 0 saturated carbocycles. The van der Waals surface area contributed by atoms with Crippen LogP contribution in [0, 0.1) is 0 Å². The van der Waals surface area contributed by atoms with Crippen molar-refractivity contribution >= 4 is 18.0 Å². The summed E-state index contributed by atoms with van der Waals surface area (Å²) in [5, 5.41) is 2.34. The van der Waals surface area contributed by atoms with Gasteiger partial charge in [-0.15, -0.1) is 0 Å². The lowest BCUT2D eigenvalue weighted by molar-refractivity contribution is -0.151. The third-order valence-electron chi connectivity index (χ3n) is 1.83. The summed E-state index contributed by atoms with van der Waals surface area (Å²) in [5.74, 6) is -1.24. The Labute approximate surface area is 118 Å². The molecule has 1 amide bonds. The molecule has 0 aliphatic carbocycles. The highest BCUT2D eigenvalue weighted by Crippen LogP contribution is 2.06. The van der Waals surface area contributed by atoms with E-state index >= 15 is 0 Å². The molecule has 1 N–H and O–H groups in total. The predicted octanol–water partition coefficient (Wildman–Crippen LogP) is 1.17. The lowest BCUT2D eigenvalue weighted by atomic mass is 10.2. The molecule has 0 fully saturated rings. The molecule has 114 valence electrons. The van der Waals surface area contributed by atoms with Gasteiger partial charge in [-0.25, -0.2) is 14.4 Å². The van der Waals surface area contributed by atoms with E-state index in [9.17, 15) is 14.4 Å². The lowest BCUT2D eigenvalue weighted by Gasteiger charge is -2.21. The second kappa shape index (κ2) is 8.19. The molecule has 20 heavy (non-hydrogen) atoms.